The lowest BCUT2D eigenvalue weighted by Crippen LogP contribution is -1.86. The van der Waals surface area contributed by atoms with Gasteiger partial charge in [0.05, 0.1) is 4.90 Å². The first-order chi connectivity index (χ1) is 6.16. The van der Waals surface area contributed by atoms with Crippen molar-refractivity contribution < 1.29 is 13.2 Å². The normalized spacial score (nSPS) is 13.4. The second kappa shape index (κ2) is 2.93. The molecule has 0 spiro atoms. The molecule has 0 bridgehead atoms. The Morgan fingerprint density at radius 2 is 2.31 bits per heavy atom. The number of fused-ring (bicyclic) bond motifs is 1. The summed E-state index contributed by atoms with van der Waals surface area (Å²) >= 11 is -1.96. The van der Waals surface area contributed by atoms with E-state index in [2.05, 4.69) is 4.98 Å². The van der Waals surface area contributed by atoms with Crippen LogP contribution in [-0.4, -0.2) is 13.7 Å². The minimum Gasteiger partial charge on any atom is -0.441 e. The molecule has 13 heavy (non-hydrogen) atoms. The third-order valence-corrected chi connectivity index (χ3v) is 2.32. The van der Waals surface area contributed by atoms with Crippen molar-refractivity contribution in [3.8, 4) is 0 Å². The summed E-state index contributed by atoms with van der Waals surface area (Å²) in [5, 5.41) is 0. The van der Waals surface area contributed by atoms with Gasteiger partial charge in [0.2, 0.25) is 0 Å². The highest BCUT2D eigenvalue weighted by Gasteiger charge is 2.05. The summed E-state index contributed by atoms with van der Waals surface area (Å²) in [5.41, 5.74) is 1.24. The van der Waals surface area contributed by atoms with Crippen molar-refractivity contribution >= 4 is 22.2 Å². The molecular weight excluding hydrogens is 190 g/mol. The van der Waals surface area contributed by atoms with Crippen molar-refractivity contribution in [2.75, 3.05) is 0 Å². The molecule has 68 valence electrons. The molecule has 5 heteroatoms. The summed E-state index contributed by atoms with van der Waals surface area (Å²) < 4.78 is 24.7. The summed E-state index contributed by atoms with van der Waals surface area (Å²) in [6, 6.07) is 4.73. The van der Waals surface area contributed by atoms with Gasteiger partial charge < -0.3 is 8.97 Å². The van der Waals surface area contributed by atoms with Crippen molar-refractivity contribution in [3.63, 3.8) is 0 Å². The maximum absolute atomic E-state index is 10.7. The summed E-state index contributed by atoms with van der Waals surface area (Å²) in [5.74, 6) is 0.552. The topological polar surface area (TPSA) is 63.3 Å². The molecule has 1 unspecified atom stereocenters. The van der Waals surface area contributed by atoms with E-state index in [0.717, 1.165) is 0 Å². The van der Waals surface area contributed by atoms with E-state index in [1.54, 1.807) is 25.1 Å². The van der Waals surface area contributed by atoms with Crippen LogP contribution < -0.4 is 0 Å². The highest BCUT2D eigenvalue weighted by Crippen LogP contribution is 2.17. The van der Waals surface area contributed by atoms with Gasteiger partial charge in [-0.2, -0.15) is 0 Å². The quantitative estimate of drug-likeness (QED) is 0.707. The molecule has 0 radical (unpaired) electrons. The van der Waals surface area contributed by atoms with Crippen LogP contribution in [0.2, 0.25) is 0 Å². The Bertz CT molecular complexity index is 477. The second-order valence-electron chi connectivity index (χ2n) is 2.61. The van der Waals surface area contributed by atoms with E-state index in [-0.39, 0.29) is 0 Å². The Kier molecular flexibility index (Phi) is 1.90. The SMILES string of the molecule is Cc1nc2cc(S(=O)O)ccc2o1. The molecule has 0 fully saturated rings. The number of rotatable bonds is 1. The Labute approximate surface area is 76.9 Å². The third kappa shape index (κ3) is 1.48. The van der Waals surface area contributed by atoms with Crippen LogP contribution in [0.25, 0.3) is 11.1 Å². The molecule has 1 heterocycles. The molecule has 0 amide bonds. The van der Waals surface area contributed by atoms with Crippen molar-refractivity contribution in [1.82, 2.24) is 4.98 Å². The number of aromatic nitrogens is 1. The molecule has 1 atom stereocenters. The molecule has 0 aliphatic carbocycles. The third-order valence-electron chi connectivity index (χ3n) is 1.67. The van der Waals surface area contributed by atoms with E-state index in [4.69, 9.17) is 8.97 Å². The highest BCUT2D eigenvalue weighted by molar-refractivity contribution is 7.79. The first-order valence-corrected chi connectivity index (χ1v) is 4.75. The minimum atomic E-state index is -1.96. The molecule has 4 nitrogen and oxygen atoms in total. The van der Waals surface area contributed by atoms with Crippen LogP contribution in [0.5, 0.6) is 0 Å². The first-order valence-electron chi connectivity index (χ1n) is 3.65. The summed E-state index contributed by atoms with van der Waals surface area (Å²) in [7, 11) is 0. The molecule has 2 aromatic rings. The summed E-state index contributed by atoms with van der Waals surface area (Å²) in [6.45, 7) is 1.73. The fourth-order valence-corrected chi connectivity index (χ4v) is 1.53. The molecule has 1 aromatic heterocycles. The number of benzene rings is 1. The lowest BCUT2D eigenvalue weighted by Gasteiger charge is -1.91. The number of hydrogen-bond acceptors (Lipinski definition) is 3. The van der Waals surface area contributed by atoms with Crippen LogP contribution in [0, 0.1) is 6.92 Å². The molecule has 1 aromatic carbocycles. The van der Waals surface area contributed by atoms with Crippen LogP contribution in [0.1, 0.15) is 5.89 Å². The first kappa shape index (κ1) is 8.40. The predicted octanol–water partition coefficient (Wildman–Crippen LogP) is 1.72. The Morgan fingerprint density at radius 3 is 3.00 bits per heavy atom. The molecule has 1 N–H and O–H groups in total. The maximum atomic E-state index is 10.7. The van der Waals surface area contributed by atoms with E-state index in [1.807, 2.05) is 0 Å². The average molecular weight is 197 g/mol. The number of hydrogen-bond donors (Lipinski definition) is 1. The fourth-order valence-electron chi connectivity index (χ4n) is 1.13. The van der Waals surface area contributed by atoms with E-state index < -0.39 is 11.1 Å². The van der Waals surface area contributed by atoms with E-state index >= 15 is 0 Å². The van der Waals surface area contributed by atoms with Crippen LogP contribution >= 0.6 is 0 Å². The van der Waals surface area contributed by atoms with Crippen molar-refractivity contribution in [3.05, 3.63) is 24.1 Å². The van der Waals surface area contributed by atoms with Gasteiger partial charge in [0.15, 0.2) is 22.6 Å². The summed E-state index contributed by atoms with van der Waals surface area (Å²) in [4.78, 5) is 4.38. The predicted molar refractivity (Wildman–Crippen MR) is 47.8 cm³/mol. The van der Waals surface area contributed by atoms with Crippen molar-refractivity contribution in [1.29, 1.82) is 0 Å². The molecule has 2 rings (SSSR count). The minimum absolute atomic E-state index is 0.334. The number of nitrogens with zero attached hydrogens (tertiary/aromatic N) is 1. The lowest BCUT2D eigenvalue weighted by atomic mass is 10.3. The average Bonchev–Trinajstić information content (AvgIpc) is 2.42. The lowest BCUT2D eigenvalue weighted by molar-refractivity contribution is 0.560. The number of aryl methyl sites for hydroxylation is 1. The van der Waals surface area contributed by atoms with Gasteiger partial charge in [0, 0.05) is 6.92 Å². The monoisotopic (exact) mass is 197 g/mol. The molecule has 0 saturated heterocycles. The zero-order valence-corrected chi connectivity index (χ0v) is 7.67. The van der Waals surface area contributed by atoms with E-state index in [1.165, 1.54) is 0 Å². The van der Waals surface area contributed by atoms with Crippen LogP contribution in [0.4, 0.5) is 0 Å². The van der Waals surface area contributed by atoms with Gasteiger partial charge in [-0.15, -0.1) is 0 Å². The van der Waals surface area contributed by atoms with Gasteiger partial charge >= 0.3 is 0 Å². The van der Waals surface area contributed by atoms with Gasteiger partial charge in [-0.3, -0.25) is 0 Å². The Morgan fingerprint density at radius 1 is 1.54 bits per heavy atom. The molecule has 0 aliphatic heterocycles. The molecule has 0 saturated carbocycles. The van der Waals surface area contributed by atoms with Gasteiger partial charge in [-0.05, 0) is 18.2 Å². The summed E-state index contributed by atoms with van der Waals surface area (Å²) in [6.07, 6.45) is 0. The maximum Gasteiger partial charge on any atom is 0.192 e. The van der Waals surface area contributed by atoms with Gasteiger partial charge in [0.25, 0.3) is 0 Å². The van der Waals surface area contributed by atoms with Crippen LogP contribution in [0.3, 0.4) is 0 Å². The highest BCUT2D eigenvalue weighted by atomic mass is 32.2. The Balaban J connectivity index is 2.67. The fraction of sp³-hybridized carbons (Fsp3) is 0.125. The van der Waals surface area contributed by atoms with Crippen LogP contribution in [0.15, 0.2) is 27.5 Å². The zero-order valence-electron chi connectivity index (χ0n) is 6.85. The standard InChI is InChI=1S/C8H7NO3S/c1-5-9-7-4-6(13(10)11)2-3-8(7)12-5/h2-4H,1H3,(H,10,11). The van der Waals surface area contributed by atoms with Gasteiger partial charge in [0.1, 0.15) is 5.52 Å². The second-order valence-corrected chi connectivity index (χ2v) is 3.58. The molecular formula is C8H7NO3S. The van der Waals surface area contributed by atoms with Crippen LogP contribution in [-0.2, 0) is 11.1 Å². The molecule has 0 aliphatic rings. The smallest absolute Gasteiger partial charge is 0.192 e. The van der Waals surface area contributed by atoms with E-state index in [9.17, 15) is 4.21 Å². The Hall–Kier alpha value is -1.20. The van der Waals surface area contributed by atoms with Gasteiger partial charge in [-0.1, -0.05) is 0 Å². The largest absolute Gasteiger partial charge is 0.441 e. The van der Waals surface area contributed by atoms with Crippen molar-refractivity contribution in [2.24, 2.45) is 0 Å². The van der Waals surface area contributed by atoms with Gasteiger partial charge in [-0.25, -0.2) is 9.19 Å². The zero-order chi connectivity index (χ0) is 9.42. The van der Waals surface area contributed by atoms with Crippen molar-refractivity contribution in [2.45, 2.75) is 11.8 Å². The van der Waals surface area contributed by atoms with E-state index in [0.29, 0.717) is 21.9 Å². The number of oxazole rings is 1.